The van der Waals surface area contributed by atoms with E-state index in [0.717, 1.165) is 31.4 Å². The summed E-state index contributed by atoms with van der Waals surface area (Å²) in [5, 5.41) is 0. The molecule has 0 spiro atoms. The number of hydrogen-bond donors (Lipinski definition) is 1. The third-order valence-electron chi connectivity index (χ3n) is 4.04. The smallest absolute Gasteiger partial charge is 0.408 e. The molecule has 0 saturated carbocycles. The summed E-state index contributed by atoms with van der Waals surface area (Å²) < 4.78 is 7.04. The van der Waals surface area contributed by atoms with Crippen molar-refractivity contribution >= 4 is 17.0 Å². The third-order valence-corrected chi connectivity index (χ3v) is 4.04. The maximum absolute atomic E-state index is 12.1. The minimum Gasteiger partial charge on any atom is -0.408 e. The van der Waals surface area contributed by atoms with E-state index >= 15 is 0 Å². The molecule has 21 heavy (non-hydrogen) atoms. The Labute approximate surface area is 122 Å². The maximum Gasteiger partial charge on any atom is 0.420 e. The molecular weight excluding hydrogens is 270 g/mol. The van der Waals surface area contributed by atoms with E-state index in [0.29, 0.717) is 18.5 Å². The number of benzene rings is 1. The maximum atomic E-state index is 12.1. The van der Waals surface area contributed by atoms with Crippen LogP contribution in [0.1, 0.15) is 25.3 Å². The molecule has 112 valence electrons. The Bertz CT molecular complexity index is 703. The quantitative estimate of drug-likeness (QED) is 0.914. The van der Waals surface area contributed by atoms with Crippen molar-refractivity contribution in [3.8, 4) is 0 Å². The number of rotatable bonds is 4. The highest BCUT2D eigenvalue weighted by Crippen LogP contribution is 2.24. The molecule has 1 fully saturated rings. The minimum absolute atomic E-state index is 0.0859. The predicted molar refractivity (Wildman–Crippen MR) is 79.0 cm³/mol. The standard InChI is InChI=1S/C15H19N3O3/c16-14(19)7-9-17-8-3-4-11(10-17)18-12-5-1-2-6-13(12)21-15(18)20/h1-2,5-6,11H,3-4,7-10H2,(H2,16,19). The summed E-state index contributed by atoms with van der Waals surface area (Å²) >= 11 is 0. The topological polar surface area (TPSA) is 81.5 Å². The molecule has 1 amide bonds. The normalized spacial score (nSPS) is 19.9. The van der Waals surface area contributed by atoms with Gasteiger partial charge in [0.2, 0.25) is 5.91 Å². The van der Waals surface area contributed by atoms with Gasteiger partial charge in [-0.2, -0.15) is 0 Å². The van der Waals surface area contributed by atoms with Gasteiger partial charge in [0.05, 0.1) is 11.6 Å². The first-order valence-corrected chi connectivity index (χ1v) is 7.26. The molecule has 6 nitrogen and oxygen atoms in total. The Morgan fingerprint density at radius 2 is 2.19 bits per heavy atom. The number of amides is 1. The first kappa shape index (κ1) is 13.9. The van der Waals surface area contributed by atoms with Gasteiger partial charge in [0.1, 0.15) is 0 Å². The second-order valence-electron chi connectivity index (χ2n) is 5.52. The SMILES string of the molecule is NC(=O)CCN1CCCC(n2c(=O)oc3ccccc32)C1. The minimum atomic E-state index is -0.307. The van der Waals surface area contributed by atoms with Crippen LogP contribution < -0.4 is 11.5 Å². The monoisotopic (exact) mass is 289 g/mol. The van der Waals surface area contributed by atoms with Crippen LogP contribution >= 0.6 is 0 Å². The molecule has 2 aromatic rings. The molecule has 6 heteroatoms. The lowest BCUT2D eigenvalue weighted by Gasteiger charge is -2.32. The molecule has 1 unspecified atom stereocenters. The number of likely N-dealkylation sites (tertiary alicyclic amines) is 1. The van der Waals surface area contributed by atoms with E-state index < -0.39 is 0 Å². The van der Waals surface area contributed by atoms with E-state index in [9.17, 15) is 9.59 Å². The number of aromatic nitrogens is 1. The van der Waals surface area contributed by atoms with Crippen LogP contribution in [-0.2, 0) is 4.79 Å². The van der Waals surface area contributed by atoms with Gasteiger partial charge in [-0.25, -0.2) is 4.79 Å². The van der Waals surface area contributed by atoms with Crippen molar-refractivity contribution in [3.05, 3.63) is 34.8 Å². The van der Waals surface area contributed by atoms with Crippen LogP contribution in [0.25, 0.3) is 11.1 Å². The fraction of sp³-hybridized carbons (Fsp3) is 0.467. The second kappa shape index (κ2) is 5.73. The Hall–Kier alpha value is -2.08. The lowest BCUT2D eigenvalue weighted by atomic mass is 10.0. The molecule has 2 N–H and O–H groups in total. The van der Waals surface area contributed by atoms with Gasteiger partial charge in [-0.05, 0) is 31.5 Å². The molecule has 1 aliphatic heterocycles. The van der Waals surface area contributed by atoms with Crippen molar-refractivity contribution in [2.45, 2.75) is 25.3 Å². The van der Waals surface area contributed by atoms with Crippen molar-refractivity contribution in [1.29, 1.82) is 0 Å². The van der Waals surface area contributed by atoms with Crippen molar-refractivity contribution in [2.24, 2.45) is 5.73 Å². The van der Waals surface area contributed by atoms with E-state index in [1.54, 1.807) is 10.6 Å². The summed E-state index contributed by atoms with van der Waals surface area (Å²) in [6, 6.07) is 7.56. The zero-order valence-electron chi connectivity index (χ0n) is 11.8. The summed E-state index contributed by atoms with van der Waals surface area (Å²) in [6.45, 7) is 2.33. The van der Waals surface area contributed by atoms with Crippen LogP contribution in [-0.4, -0.2) is 35.0 Å². The molecule has 1 saturated heterocycles. The summed E-state index contributed by atoms with van der Waals surface area (Å²) in [5.74, 6) is -0.596. The average Bonchev–Trinajstić information content (AvgIpc) is 2.81. The number of oxazole rings is 1. The van der Waals surface area contributed by atoms with Crippen LogP contribution in [0.2, 0.25) is 0 Å². The van der Waals surface area contributed by atoms with Gasteiger partial charge in [0, 0.05) is 19.5 Å². The van der Waals surface area contributed by atoms with Gasteiger partial charge < -0.3 is 15.1 Å². The number of primary amides is 1. The van der Waals surface area contributed by atoms with Crippen molar-refractivity contribution in [2.75, 3.05) is 19.6 Å². The first-order chi connectivity index (χ1) is 10.1. The fourth-order valence-electron chi connectivity index (χ4n) is 3.04. The molecule has 1 aliphatic rings. The van der Waals surface area contributed by atoms with E-state index in [1.165, 1.54) is 0 Å². The molecule has 0 aliphatic carbocycles. The lowest BCUT2D eigenvalue weighted by molar-refractivity contribution is -0.118. The summed E-state index contributed by atoms with van der Waals surface area (Å²) in [4.78, 5) is 25.2. The van der Waals surface area contributed by atoms with Gasteiger partial charge in [-0.1, -0.05) is 12.1 Å². The van der Waals surface area contributed by atoms with Crippen LogP contribution in [0.4, 0.5) is 0 Å². The van der Waals surface area contributed by atoms with Crippen LogP contribution in [0.3, 0.4) is 0 Å². The Balaban J connectivity index is 1.83. The highest BCUT2D eigenvalue weighted by atomic mass is 16.4. The van der Waals surface area contributed by atoms with Gasteiger partial charge >= 0.3 is 5.76 Å². The Morgan fingerprint density at radius 1 is 1.38 bits per heavy atom. The number of nitrogens with two attached hydrogens (primary N) is 1. The molecule has 1 aromatic heterocycles. The van der Waals surface area contributed by atoms with Crippen LogP contribution in [0.15, 0.2) is 33.5 Å². The number of fused-ring (bicyclic) bond motifs is 1. The van der Waals surface area contributed by atoms with Crippen LogP contribution in [0.5, 0.6) is 0 Å². The molecule has 2 heterocycles. The third kappa shape index (κ3) is 2.85. The van der Waals surface area contributed by atoms with Crippen molar-refractivity contribution in [3.63, 3.8) is 0 Å². The largest absolute Gasteiger partial charge is 0.420 e. The Morgan fingerprint density at radius 3 is 3.00 bits per heavy atom. The van der Waals surface area contributed by atoms with E-state index in [4.69, 9.17) is 10.2 Å². The van der Waals surface area contributed by atoms with Crippen molar-refractivity contribution < 1.29 is 9.21 Å². The van der Waals surface area contributed by atoms with E-state index in [-0.39, 0.29) is 17.7 Å². The molecule has 3 rings (SSSR count). The number of nitrogens with zero attached hydrogens (tertiary/aromatic N) is 2. The summed E-state index contributed by atoms with van der Waals surface area (Å²) in [7, 11) is 0. The number of piperidine rings is 1. The number of carbonyl (C=O) groups excluding carboxylic acids is 1. The summed E-state index contributed by atoms with van der Waals surface area (Å²) in [5.41, 5.74) is 6.66. The molecule has 1 atom stereocenters. The van der Waals surface area contributed by atoms with Crippen LogP contribution in [0, 0.1) is 0 Å². The average molecular weight is 289 g/mol. The first-order valence-electron chi connectivity index (χ1n) is 7.26. The molecule has 0 bridgehead atoms. The van der Waals surface area contributed by atoms with Gasteiger partial charge in [-0.15, -0.1) is 0 Å². The zero-order valence-corrected chi connectivity index (χ0v) is 11.8. The highest BCUT2D eigenvalue weighted by Gasteiger charge is 2.25. The molecule has 1 aromatic carbocycles. The van der Waals surface area contributed by atoms with E-state index in [1.807, 2.05) is 18.2 Å². The molecule has 0 radical (unpaired) electrons. The summed E-state index contributed by atoms with van der Waals surface area (Å²) in [6.07, 6.45) is 2.29. The van der Waals surface area contributed by atoms with Crippen molar-refractivity contribution in [1.82, 2.24) is 9.47 Å². The molecular formula is C15H19N3O3. The number of para-hydroxylation sites is 2. The highest BCUT2D eigenvalue weighted by molar-refractivity contribution is 5.74. The number of hydrogen-bond acceptors (Lipinski definition) is 4. The van der Waals surface area contributed by atoms with E-state index in [2.05, 4.69) is 4.90 Å². The zero-order chi connectivity index (χ0) is 14.8. The van der Waals surface area contributed by atoms with Gasteiger partial charge in [0.25, 0.3) is 0 Å². The van der Waals surface area contributed by atoms with Gasteiger partial charge in [0.15, 0.2) is 5.58 Å². The second-order valence-corrected chi connectivity index (χ2v) is 5.52. The predicted octanol–water partition coefficient (Wildman–Crippen LogP) is 1.11. The fourth-order valence-corrected chi connectivity index (χ4v) is 3.04. The lowest BCUT2D eigenvalue weighted by Crippen LogP contribution is -2.40. The Kier molecular flexibility index (Phi) is 3.79. The van der Waals surface area contributed by atoms with Gasteiger partial charge in [-0.3, -0.25) is 9.36 Å². The number of carbonyl (C=O) groups is 1.